The van der Waals surface area contributed by atoms with Gasteiger partial charge >= 0.3 is 5.97 Å². The molecule has 0 saturated heterocycles. The molecule has 0 aromatic carbocycles. The number of thioether (sulfide) groups is 1. The van der Waals surface area contributed by atoms with Gasteiger partial charge in [0, 0.05) is 6.54 Å². The Morgan fingerprint density at radius 1 is 1.60 bits per heavy atom. The van der Waals surface area contributed by atoms with Gasteiger partial charge in [-0.05, 0) is 18.6 Å². The van der Waals surface area contributed by atoms with Gasteiger partial charge in [0.05, 0.1) is 5.75 Å². The first-order valence-electron chi connectivity index (χ1n) is 4.92. The molecule has 0 spiro atoms. The molecule has 0 amide bonds. The molecule has 0 aliphatic rings. The second-order valence-corrected chi connectivity index (χ2v) is 4.37. The second kappa shape index (κ2) is 8.55. The quantitative estimate of drug-likeness (QED) is 0.318. The summed E-state index contributed by atoms with van der Waals surface area (Å²) in [5.41, 5.74) is 10.9. The van der Waals surface area contributed by atoms with Crippen LogP contribution in [0.1, 0.15) is 19.8 Å². The Bertz CT molecular complexity index is 221. The van der Waals surface area contributed by atoms with Gasteiger partial charge in [0.2, 0.25) is 0 Å². The molecule has 0 radical (unpaired) electrons. The predicted octanol–water partition coefficient (Wildman–Crippen LogP) is 0.289. The van der Waals surface area contributed by atoms with Gasteiger partial charge in [0.15, 0.2) is 0 Å². The van der Waals surface area contributed by atoms with Gasteiger partial charge in [-0.15, -0.1) is 0 Å². The SMILES string of the molecule is CCSCC(N)=NCCC[C@H](N)C(=O)O. The summed E-state index contributed by atoms with van der Waals surface area (Å²) in [7, 11) is 0. The van der Waals surface area contributed by atoms with Gasteiger partial charge in [-0.25, -0.2) is 0 Å². The summed E-state index contributed by atoms with van der Waals surface area (Å²) in [6.07, 6.45) is 1.10. The molecule has 0 rings (SSSR count). The highest BCUT2D eigenvalue weighted by Crippen LogP contribution is 1.98. The molecule has 0 heterocycles. The maximum atomic E-state index is 10.4. The monoisotopic (exact) mass is 233 g/mol. The van der Waals surface area contributed by atoms with E-state index in [0.717, 1.165) is 11.5 Å². The van der Waals surface area contributed by atoms with E-state index in [4.69, 9.17) is 16.6 Å². The third-order valence-corrected chi connectivity index (χ3v) is 2.67. The van der Waals surface area contributed by atoms with Crippen LogP contribution in [0.5, 0.6) is 0 Å². The van der Waals surface area contributed by atoms with Crippen LogP contribution in [-0.2, 0) is 4.79 Å². The van der Waals surface area contributed by atoms with Crippen LogP contribution in [0.15, 0.2) is 4.99 Å². The number of nitrogens with zero attached hydrogens (tertiary/aromatic N) is 1. The summed E-state index contributed by atoms with van der Waals surface area (Å²) in [5.74, 6) is 1.40. The van der Waals surface area contributed by atoms with E-state index < -0.39 is 12.0 Å². The standard InChI is InChI=1S/C9H19N3O2S/c1-2-15-6-8(11)12-5-3-4-7(10)9(13)14/h7H,2-6,10H2,1H3,(H2,11,12)(H,13,14)/t7-/m0/s1. The van der Waals surface area contributed by atoms with Crippen LogP contribution in [0.4, 0.5) is 0 Å². The van der Waals surface area contributed by atoms with Crippen molar-refractivity contribution in [2.75, 3.05) is 18.1 Å². The van der Waals surface area contributed by atoms with Crippen LogP contribution in [0.2, 0.25) is 0 Å². The number of aliphatic imine (C=N–C) groups is 1. The molecule has 0 saturated carbocycles. The molecule has 0 fully saturated rings. The highest BCUT2D eigenvalue weighted by atomic mass is 32.2. The maximum Gasteiger partial charge on any atom is 0.320 e. The number of carboxylic acid groups (broad SMARTS) is 1. The van der Waals surface area contributed by atoms with Crippen molar-refractivity contribution in [1.29, 1.82) is 0 Å². The van der Waals surface area contributed by atoms with E-state index in [0.29, 0.717) is 25.2 Å². The third kappa shape index (κ3) is 8.26. The topological polar surface area (TPSA) is 102 Å². The molecule has 0 aliphatic heterocycles. The largest absolute Gasteiger partial charge is 0.480 e. The van der Waals surface area contributed by atoms with Crippen molar-refractivity contribution >= 4 is 23.6 Å². The Morgan fingerprint density at radius 2 is 2.27 bits per heavy atom. The summed E-state index contributed by atoms with van der Waals surface area (Å²) in [5, 5.41) is 8.52. The lowest BCUT2D eigenvalue weighted by Gasteiger charge is -2.04. The number of carboxylic acids is 1. The molecular formula is C9H19N3O2S. The second-order valence-electron chi connectivity index (χ2n) is 3.10. The van der Waals surface area contributed by atoms with Crippen molar-refractivity contribution < 1.29 is 9.90 Å². The Labute approximate surface area is 94.3 Å². The Kier molecular flexibility index (Phi) is 8.12. The number of hydrogen-bond acceptors (Lipinski definition) is 4. The fraction of sp³-hybridized carbons (Fsp3) is 0.778. The summed E-state index contributed by atoms with van der Waals surface area (Å²) in [6, 6.07) is -0.786. The lowest BCUT2D eigenvalue weighted by molar-refractivity contribution is -0.138. The molecule has 0 aromatic heterocycles. The van der Waals surface area contributed by atoms with E-state index in [1.165, 1.54) is 0 Å². The molecule has 6 heteroatoms. The van der Waals surface area contributed by atoms with Gasteiger partial charge in [0.25, 0.3) is 0 Å². The van der Waals surface area contributed by atoms with Gasteiger partial charge in [0.1, 0.15) is 11.9 Å². The number of amidine groups is 1. The van der Waals surface area contributed by atoms with E-state index in [9.17, 15) is 4.79 Å². The zero-order valence-electron chi connectivity index (χ0n) is 8.98. The van der Waals surface area contributed by atoms with Crippen molar-refractivity contribution in [2.45, 2.75) is 25.8 Å². The van der Waals surface area contributed by atoms with Gasteiger partial charge in [-0.2, -0.15) is 11.8 Å². The molecule has 5 N–H and O–H groups in total. The average Bonchev–Trinajstić information content (AvgIpc) is 2.20. The van der Waals surface area contributed by atoms with Crippen molar-refractivity contribution in [3.63, 3.8) is 0 Å². The molecule has 5 nitrogen and oxygen atoms in total. The summed E-state index contributed by atoms with van der Waals surface area (Å²) in [4.78, 5) is 14.5. The predicted molar refractivity (Wildman–Crippen MR) is 64.3 cm³/mol. The highest BCUT2D eigenvalue weighted by Gasteiger charge is 2.09. The molecule has 1 atom stereocenters. The molecule has 0 unspecified atom stereocenters. The van der Waals surface area contributed by atoms with Crippen molar-refractivity contribution in [1.82, 2.24) is 0 Å². The fourth-order valence-electron chi connectivity index (χ4n) is 0.910. The lowest BCUT2D eigenvalue weighted by atomic mass is 10.2. The summed E-state index contributed by atoms with van der Waals surface area (Å²) >= 11 is 1.71. The highest BCUT2D eigenvalue weighted by molar-refractivity contribution is 7.99. The average molecular weight is 233 g/mol. The number of rotatable bonds is 8. The minimum atomic E-state index is -0.964. The molecule has 0 aliphatic carbocycles. The van der Waals surface area contributed by atoms with Crippen LogP contribution >= 0.6 is 11.8 Å². The van der Waals surface area contributed by atoms with Gasteiger partial charge < -0.3 is 16.6 Å². The Morgan fingerprint density at radius 3 is 2.80 bits per heavy atom. The zero-order chi connectivity index (χ0) is 11.7. The number of aliphatic carboxylic acids is 1. The minimum Gasteiger partial charge on any atom is -0.480 e. The first-order chi connectivity index (χ1) is 7.07. The van der Waals surface area contributed by atoms with Crippen LogP contribution in [-0.4, -0.2) is 41.0 Å². The Balaban J connectivity index is 3.55. The van der Waals surface area contributed by atoms with Crippen molar-refractivity contribution in [2.24, 2.45) is 16.5 Å². The number of nitrogens with two attached hydrogens (primary N) is 2. The van der Waals surface area contributed by atoms with Crippen LogP contribution < -0.4 is 11.5 Å². The smallest absolute Gasteiger partial charge is 0.320 e. The van der Waals surface area contributed by atoms with E-state index in [2.05, 4.69) is 11.9 Å². The summed E-state index contributed by atoms with van der Waals surface area (Å²) in [6.45, 7) is 2.61. The van der Waals surface area contributed by atoms with Gasteiger partial charge in [-0.3, -0.25) is 9.79 Å². The first-order valence-corrected chi connectivity index (χ1v) is 6.08. The zero-order valence-corrected chi connectivity index (χ0v) is 9.80. The van der Waals surface area contributed by atoms with E-state index in [-0.39, 0.29) is 0 Å². The molecule has 15 heavy (non-hydrogen) atoms. The first kappa shape index (κ1) is 14.2. The van der Waals surface area contributed by atoms with Crippen molar-refractivity contribution in [3.8, 4) is 0 Å². The van der Waals surface area contributed by atoms with E-state index in [1.807, 2.05) is 0 Å². The van der Waals surface area contributed by atoms with Crippen LogP contribution in [0.3, 0.4) is 0 Å². The summed E-state index contributed by atoms with van der Waals surface area (Å²) < 4.78 is 0. The fourth-order valence-corrected chi connectivity index (χ4v) is 1.41. The Hall–Kier alpha value is -0.750. The van der Waals surface area contributed by atoms with Crippen LogP contribution in [0.25, 0.3) is 0 Å². The van der Waals surface area contributed by atoms with Gasteiger partial charge in [-0.1, -0.05) is 6.92 Å². The minimum absolute atomic E-state index is 0.438. The van der Waals surface area contributed by atoms with E-state index >= 15 is 0 Å². The number of carbonyl (C=O) groups is 1. The van der Waals surface area contributed by atoms with Crippen LogP contribution in [0, 0.1) is 0 Å². The molecule has 88 valence electrons. The number of hydrogen-bond donors (Lipinski definition) is 3. The van der Waals surface area contributed by atoms with E-state index in [1.54, 1.807) is 11.8 Å². The molecular weight excluding hydrogens is 214 g/mol. The lowest BCUT2D eigenvalue weighted by Crippen LogP contribution is -2.30. The molecule has 0 aromatic rings. The van der Waals surface area contributed by atoms with Crippen molar-refractivity contribution in [3.05, 3.63) is 0 Å². The maximum absolute atomic E-state index is 10.4. The normalized spacial score (nSPS) is 13.9. The molecule has 0 bridgehead atoms. The third-order valence-electron chi connectivity index (χ3n) is 1.76.